The van der Waals surface area contributed by atoms with Gasteiger partial charge in [0.15, 0.2) is 17.3 Å². The highest BCUT2D eigenvalue weighted by molar-refractivity contribution is 6.03. The average Bonchev–Trinajstić information content (AvgIpc) is 2.99. The van der Waals surface area contributed by atoms with Crippen LogP contribution in [0.2, 0.25) is 0 Å². The Morgan fingerprint density at radius 2 is 1.69 bits per heavy atom. The molecule has 2 aliphatic rings. The van der Waals surface area contributed by atoms with Crippen molar-refractivity contribution in [3.8, 4) is 11.5 Å². The lowest BCUT2D eigenvalue weighted by molar-refractivity contribution is 0.0644. The Morgan fingerprint density at radius 3 is 2.34 bits per heavy atom. The van der Waals surface area contributed by atoms with E-state index in [1.54, 1.807) is 26.4 Å². The maximum Gasteiger partial charge on any atom is 0.169 e. The number of ketones is 1. The summed E-state index contributed by atoms with van der Waals surface area (Å²) in [5.41, 5.74) is 2.58. The first-order valence-electron chi connectivity index (χ1n) is 10.3. The molecule has 2 atom stereocenters. The van der Waals surface area contributed by atoms with Gasteiger partial charge in [0.1, 0.15) is 0 Å². The van der Waals surface area contributed by atoms with Crippen LogP contribution in [0.3, 0.4) is 0 Å². The topological polar surface area (TPSA) is 59.0 Å². The van der Waals surface area contributed by atoms with Gasteiger partial charge in [-0.15, -0.1) is 0 Å². The van der Waals surface area contributed by atoms with Crippen LogP contribution in [0.15, 0.2) is 42.5 Å². The summed E-state index contributed by atoms with van der Waals surface area (Å²) in [4.78, 5) is 15.5. The van der Waals surface area contributed by atoms with Crippen molar-refractivity contribution in [1.29, 1.82) is 0 Å². The van der Waals surface area contributed by atoms with Crippen molar-refractivity contribution in [1.82, 2.24) is 4.90 Å². The van der Waals surface area contributed by atoms with Crippen molar-refractivity contribution in [2.75, 3.05) is 27.3 Å². The smallest absolute Gasteiger partial charge is 0.169 e. The Morgan fingerprint density at radius 1 is 1.03 bits per heavy atom. The minimum absolute atomic E-state index is 0.0279. The molecule has 5 nitrogen and oxygen atoms in total. The Kier molecular flexibility index (Phi) is 5.88. The fourth-order valence-electron chi connectivity index (χ4n) is 4.73. The number of carbonyl (C=O) groups excluding carboxylic acids is 1. The number of fused-ring (bicyclic) bond motifs is 1. The third kappa shape index (κ3) is 4.02. The lowest BCUT2D eigenvalue weighted by Crippen LogP contribution is -2.34. The van der Waals surface area contributed by atoms with Gasteiger partial charge in [-0.1, -0.05) is 30.3 Å². The molecule has 0 amide bonds. The predicted molar refractivity (Wildman–Crippen MR) is 111 cm³/mol. The summed E-state index contributed by atoms with van der Waals surface area (Å²) in [6, 6.07) is 14.0. The molecule has 0 radical (unpaired) electrons. The second kappa shape index (κ2) is 8.56. The number of hydrogen-bond acceptors (Lipinski definition) is 5. The van der Waals surface area contributed by atoms with E-state index in [2.05, 4.69) is 29.2 Å². The maximum atomic E-state index is 13.0. The number of nitrogens with zero attached hydrogens (tertiary/aromatic N) is 1. The number of piperidine rings is 1. The number of hydrogen-bond donors (Lipinski definition) is 1. The van der Waals surface area contributed by atoms with Crippen LogP contribution in [0.1, 0.15) is 46.9 Å². The number of Topliss-reactive ketones (excluding diaryl/α,β-unsaturated/α-hetero) is 1. The molecule has 0 saturated carbocycles. The van der Waals surface area contributed by atoms with Gasteiger partial charge in [-0.05, 0) is 61.5 Å². The minimum Gasteiger partial charge on any atom is -0.493 e. The first-order chi connectivity index (χ1) is 14.1. The molecular formula is C24H29NO4. The number of likely N-dealkylation sites (tertiary alicyclic amines) is 1. The standard InChI is InChI=1S/C24H29NO4/c1-28-21-13-18-19(14-22(21)29-2)24(27)20(23(18)26)12-16-8-10-25(11-9-16)15-17-6-4-3-5-7-17/h3-7,13-14,16,20,23,26H,8-12,15H2,1-2H3/t20-,23-/m1/s1. The van der Waals surface area contributed by atoms with Gasteiger partial charge in [-0.2, -0.15) is 0 Å². The van der Waals surface area contributed by atoms with Gasteiger partial charge in [0.25, 0.3) is 0 Å². The summed E-state index contributed by atoms with van der Waals surface area (Å²) < 4.78 is 10.7. The molecule has 29 heavy (non-hydrogen) atoms. The van der Waals surface area contributed by atoms with Crippen LogP contribution in [0, 0.1) is 11.8 Å². The second-order valence-electron chi connectivity index (χ2n) is 8.15. The fourth-order valence-corrected chi connectivity index (χ4v) is 4.73. The number of ether oxygens (including phenoxy) is 2. The van der Waals surface area contributed by atoms with E-state index in [9.17, 15) is 9.90 Å². The van der Waals surface area contributed by atoms with Crippen LogP contribution < -0.4 is 9.47 Å². The molecule has 1 aliphatic carbocycles. The van der Waals surface area contributed by atoms with Gasteiger partial charge in [0.2, 0.25) is 0 Å². The summed E-state index contributed by atoms with van der Waals surface area (Å²) in [6.07, 6.45) is 2.09. The molecule has 1 N–H and O–H groups in total. The maximum absolute atomic E-state index is 13.0. The van der Waals surface area contributed by atoms with Crippen molar-refractivity contribution in [3.05, 3.63) is 59.2 Å². The quantitative estimate of drug-likeness (QED) is 0.805. The van der Waals surface area contributed by atoms with E-state index in [0.717, 1.165) is 38.9 Å². The van der Waals surface area contributed by atoms with E-state index in [4.69, 9.17) is 9.47 Å². The average molecular weight is 395 g/mol. The third-order valence-corrected chi connectivity index (χ3v) is 6.40. The molecule has 1 fully saturated rings. The van der Waals surface area contributed by atoms with Crippen LogP contribution in [0.5, 0.6) is 11.5 Å². The zero-order valence-electron chi connectivity index (χ0n) is 17.1. The van der Waals surface area contributed by atoms with E-state index in [0.29, 0.717) is 28.5 Å². The summed E-state index contributed by atoms with van der Waals surface area (Å²) >= 11 is 0. The first kappa shape index (κ1) is 19.9. The van der Waals surface area contributed by atoms with Gasteiger partial charge in [0.05, 0.1) is 26.2 Å². The van der Waals surface area contributed by atoms with Crippen molar-refractivity contribution < 1.29 is 19.4 Å². The van der Waals surface area contributed by atoms with Gasteiger partial charge in [-0.3, -0.25) is 9.69 Å². The van der Waals surface area contributed by atoms with Crippen LogP contribution >= 0.6 is 0 Å². The van der Waals surface area contributed by atoms with E-state index in [1.807, 2.05) is 6.07 Å². The number of aliphatic hydroxyl groups is 1. The van der Waals surface area contributed by atoms with E-state index in [1.165, 1.54) is 5.56 Å². The lowest BCUT2D eigenvalue weighted by Gasteiger charge is -2.33. The van der Waals surface area contributed by atoms with Gasteiger partial charge < -0.3 is 14.6 Å². The highest BCUT2D eigenvalue weighted by Gasteiger charge is 2.41. The molecule has 1 aliphatic heterocycles. The van der Waals surface area contributed by atoms with Gasteiger partial charge >= 0.3 is 0 Å². The molecule has 1 saturated heterocycles. The zero-order chi connectivity index (χ0) is 20.4. The number of rotatable bonds is 6. The predicted octanol–water partition coefficient (Wildman–Crippen LogP) is 3.85. The molecule has 1 heterocycles. The summed E-state index contributed by atoms with van der Waals surface area (Å²) in [5.74, 6) is 1.20. The monoisotopic (exact) mass is 395 g/mol. The highest BCUT2D eigenvalue weighted by Crippen LogP contribution is 2.45. The van der Waals surface area contributed by atoms with Crippen LogP contribution in [0.4, 0.5) is 0 Å². The highest BCUT2D eigenvalue weighted by atomic mass is 16.5. The van der Waals surface area contributed by atoms with Gasteiger partial charge in [-0.25, -0.2) is 0 Å². The molecular weight excluding hydrogens is 366 g/mol. The normalized spacial score (nSPS) is 22.5. The minimum atomic E-state index is -0.764. The SMILES string of the molecule is COc1cc2c(cc1OC)[C@@H](O)[C@@H](CC1CCN(Cc3ccccc3)CC1)C2=O. The third-order valence-electron chi connectivity index (χ3n) is 6.40. The Balaban J connectivity index is 1.38. The van der Waals surface area contributed by atoms with Crippen LogP contribution in [-0.4, -0.2) is 43.1 Å². The Hall–Kier alpha value is -2.37. The van der Waals surface area contributed by atoms with Gasteiger partial charge in [0, 0.05) is 12.1 Å². The first-order valence-corrected chi connectivity index (χ1v) is 10.3. The van der Waals surface area contributed by atoms with E-state index in [-0.39, 0.29) is 11.7 Å². The largest absolute Gasteiger partial charge is 0.493 e. The number of benzene rings is 2. The molecule has 0 aromatic heterocycles. The van der Waals surface area contributed by atoms with Crippen molar-refractivity contribution in [3.63, 3.8) is 0 Å². The van der Waals surface area contributed by atoms with E-state index < -0.39 is 6.10 Å². The number of aliphatic hydroxyl groups excluding tert-OH is 1. The molecule has 5 heteroatoms. The molecule has 0 spiro atoms. The molecule has 4 rings (SSSR count). The number of methoxy groups -OCH3 is 2. The Labute approximate surface area is 172 Å². The van der Waals surface area contributed by atoms with E-state index >= 15 is 0 Å². The zero-order valence-corrected chi connectivity index (χ0v) is 17.1. The molecule has 2 aromatic carbocycles. The molecule has 2 aromatic rings. The summed E-state index contributed by atoms with van der Waals surface area (Å²) in [6.45, 7) is 3.04. The van der Waals surface area contributed by atoms with Crippen molar-refractivity contribution >= 4 is 5.78 Å². The summed E-state index contributed by atoms with van der Waals surface area (Å²) in [5, 5.41) is 10.8. The Bertz CT molecular complexity index is 859. The van der Waals surface area contributed by atoms with Crippen molar-refractivity contribution in [2.24, 2.45) is 11.8 Å². The molecule has 154 valence electrons. The van der Waals surface area contributed by atoms with Crippen molar-refractivity contribution in [2.45, 2.75) is 31.9 Å². The lowest BCUT2D eigenvalue weighted by atomic mass is 9.84. The molecule has 0 unspecified atom stereocenters. The summed E-state index contributed by atoms with van der Waals surface area (Å²) in [7, 11) is 3.12. The molecule has 0 bridgehead atoms. The fraction of sp³-hybridized carbons (Fsp3) is 0.458. The van der Waals surface area contributed by atoms with Crippen LogP contribution in [-0.2, 0) is 6.54 Å². The second-order valence-corrected chi connectivity index (χ2v) is 8.15. The number of carbonyl (C=O) groups is 1. The van der Waals surface area contributed by atoms with Crippen LogP contribution in [0.25, 0.3) is 0 Å².